The molecule has 4 aromatic rings. The number of hydrogen-bond acceptors (Lipinski definition) is 5. The molecule has 1 atom stereocenters. The number of halogens is 1. The summed E-state index contributed by atoms with van der Waals surface area (Å²) >= 11 is 7.70. The molecule has 1 unspecified atom stereocenters. The van der Waals surface area contributed by atoms with E-state index in [0.29, 0.717) is 16.4 Å². The van der Waals surface area contributed by atoms with E-state index in [-0.39, 0.29) is 11.9 Å². The predicted molar refractivity (Wildman–Crippen MR) is 110 cm³/mol. The number of pyridine rings is 1. The number of carbonyl (C=O) groups excluding carboxylic acids is 1. The lowest BCUT2D eigenvalue weighted by atomic mass is 10.1. The van der Waals surface area contributed by atoms with Crippen molar-refractivity contribution in [1.82, 2.24) is 25.5 Å². The molecular formula is C20H16ClN5OS. The smallest absolute Gasteiger partial charge is 0.269 e. The predicted octanol–water partition coefficient (Wildman–Crippen LogP) is 4.74. The van der Waals surface area contributed by atoms with Crippen LogP contribution in [0.5, 0.6) is 0 Å². The normalized spacial score (nSPS) is 11.9. The van der Waals surface area contributed by atoms with Crippen LogP contribution in [0.25, 0.3) is 22.5 Å². The molecule has 0 saturated carbocycles. The van der Waals surface area contributed by atoms with E-state index in [1.165, 1.54) is 11.3 Å². The molecule has 0 aliphatic carbocycles. The van der Waals surface area contributed by atoms with Crippen molar-refractivity contribution >= 4 is 28.8 Å². The fraction of sp³-hybridized carbons (Fsp3) is 0.100. The SMILES string of the molecule is CC(NC(=O)c1cc(-c2ccccc2Cl)n[nH]1)c1nc(-c2cccnc2)cs1. The molecule has 0 bridgehead atoms. The van der Waals surface area contributed by atoms with Gasteiger partial charge in [0.1, 0.15) is 10.7 Å². The van der Waals surface area contributed by atoms with Gasteiger partial charge in [-0.05, 0) is 31.2 Å². The van der Waals surface area contributed by atoms with E-state index in [4.69, 9.17) is 11.6 Å². The van der Waals surface area contributed by atoms with Gasteiger partial charge in [-0.15, -0.1) is 11.3 Å². The van der Waals surface area contributed by atoms with E-state index < -0.39 is 0 Å². The van der Waals surface area contributed by atoms with Crippen LogP contribution in [0, 0.1) is 0 Å². The van der Waals surface area contributed by atoms with Gasteiger partial charge in [0, 0.05) is 28.9 Å². The highest BCUT2D eigenvalue weighted by molar-refractivity contribution is 7.10. The Hall–Kier alpha value is -3.03. The first-order valence-corrected chi connectivity index (χ1v) is 9.84. The van der Waals surface area contributed by atoms with Crippen LogP contribution in [0.1, 0.15) is 28.5 Å². The topological polar surface area (TPSA) is 83.6 Å². The van der Waals surface area contributed by atoms with Crippen molar-refractivity contribution in [2.75, 3.05) is 0 Å². The van der Waals surface area contributed by atoms with Gasteiger partial charge in [0.15, 0.2) is 0 Å². The quantitative estimate of drug-likeness (QED) is 0.498. The Morgan fingerprint density at radius 1 is 1.21 bits per heavy atom. The molecule has 6 nitrogen and oxygen atoms in total. The number of thiazole rings is 1. The second-order valence-corrected chi connectivity index (χ2v) is 7.45. The zero-order valence-corrected chi connectivity index (χ0v) is 16.5. The Balaban J connectivity index is 1.47. The largest absolute Gasteiger partial charge is 0.342 e. The van der Waals surface area contributed by atoms with E-state index in [9.17, 15) is 4.79 Å². The van der Waals surface area contributed by atoms with E-state index in [2.05, 4.69) is 25.5 Å². The maximum Gasteiger partial charge on any atom is 0.269 e. The van der Waals surface area contributed by atoms with Crippen LogP contribution >= 0.6 is 22.9 Å². The Bertz CT molecular complexity index is 1110. The highest BCUT2D eigenvalue weighted by Crippen LogP contribution is 2.27. The number of aromatic nitrogens is 4. The third-order valence-electron chi connectivity index (χ3n) is 4.17. The molecule has 0 saturated heterocycles. The minimum Gasteiger partial charge on any atom is -0.342 e. The van der Waals surface area contributed by atoms with Crippen LogP contribution in [0.2, 0.25) is 5.02 Å². The molecule has 0 aliphatic rings. The van der Waals surface area contributed by atoms with E-state index >= 15 is 0 Å². The first kappa shape index (κ1) is 18.3. The fourth-order valence-electron chi connectivity index (χ4n) is 2.71. The van der Waals surface area contributed by atoms with Crippen LogP contribution in [0.15, 0.2) is 60.2 Å². The zero-order chi connectivity index (χ0) is 19.5. The monoisotopic (exact) mass is 409 g/mol. The maximum atomic E-state index is 12.6. The Kier molecular flexibility index (Phi) is 5.18. The van der Waals surface area contributed by atoms with Gasteiger partial charge in [0.05, 0.1) is 22.5 Å². The Morgan fingerprint density at radius 3 is 2.86 bits per heavy atom. The molecule has 0 spiro atoms. The van der Waals surface area contributed by atoms with Gasteiger partial charge in [0.2, 0.25) is 0 Å². The van der Waals surface area contributed by atoms with Crippen molar-refractivity contribution in [2.45, 2.75) is 13.0 Å². The molecule has 0 radical (unpaired) electrons. The number of rotatable bonds is 5. The van der Waals surface area contributed by atoms with E-state index in [0.717, 1.165) is 21.8 Å². The number of benzene rings is 1. The summed E-state index contributed by atoms with van der Waals surface area (Å²) in [6.45, 7) is 1.90. The van der Waals surface area contributed by atoms with Gasteiger partial charge in [-0.3, -0.25) is 14.9 Å². The lowest BCUT2D eigenvalue weighted by Gasteiger charge is -2.09. The van der Waals surface area contributed by atoms with E-state index in [1.807, 2.05) is 42.6 Å². The molecule has 140 valence electrons. The lowest BCUT2D eigenvalue weighted by molar-refractivity contribution is 0.0934. The minimum absolute atomic E-state index is 0.241. The van der Waals surface area contributed by atoms with Gasteiger partial charge >= 0.3 is 0 Å². The highest BCUT2D eigenvalue weighted by atomic mass is 35.5. The van der Waals surface area contributed by atoms with Crippen LogP contribution in [-0.2, 0) is 0 Å². The number of aromatic amines is 1. The van der Waals surface area contributed by atoms with E-state index in [1.54, 1.807) is 24.5 Å². The Labute approximate surface area is 170 Å². The summed E-state index contributed by atoms with van der Waals surface area (Å²) in [7, 11) is 0. The molecule has 8 heteroatoms. The number of H-pyrrole nitrogens is 1. The molecule has 2 N–H and O–H groups in total. The number of nitrogens with one attached hydrogen (secondary N) is 2. The fourth-order valence-corrected chi connectivity index (χ4v) is 3.78. The number of nitrogens with zero attached hydrogens (tertiary/aromatic N) is 3. The average Bonchev–Trinajstić information content (AvgIpc) is 3.39. The molecule has 0 fully saturated rings. The standard InChI is InChI=1S/C20H16ClN5OS/c1-12(20-24-18(11-28-20)13-5-4-8-22-10-13)23-19(27)17-9-16(25-26-17)14-6-2-3-7-15(14)21/h2-12H,1H3,(H,23,27)(H,25,26). The summed E-state index contributed by atoms with van der Waals surface area (Å²) in [6.07, 6.45) is 3.49. The van der Waals surface area contributed by atoms with Crippen molar-refractivity contribution in [3.05, 3.63) is 76.0 Å². The van der Waals surface area contributed by atoms with Gasteiger partial charge in [0.25, 0.3) is 5.91 Å². The number of carbonyl (C=O) groups is 1. The van der Waals surface area contributed by atoms with Crippen molar-refractivity contribution in [1.29, 1.82) is 0 Å². The van der Waals surface area contributed by atoms with Crippen LogP contribution in [0.4, 0.5) is 0 Å². The summed E-state index contributed by atoms with van der Waals surface area (Å²) in [6, 6.07) is 12.6. The molecule has 0 aliphatic heterocycles. The summed E-state index contributed by atoms with van der Waals surface area (Å²) in [5, 5.41) is 13.3. The molecule has 1 amide bonds. The molecule has 28 heavy (non-hydrogen) atoms. The summed E-state index contributed by atoms with van der Waals surface area (Å²) < 4.78 is 0. The molecule has 4 rings (SSSR count). The lowest BCUT2D eigenvalue weighted by Crippen LogP contribution is -2.26. The number of hydrogen-bond donors (Lipinski definition) is 2. The van der Waals surface area contributed by atoms with Gasteiger partial charge in [-0.25, -0.2) is 4.98 Å². The van der Waals surface area contributed by atoms with Crippen molar-refractivity contribution in [3.63, 3.8) is 0 Å². The van der Waals surface area contributed by atoms with Gasteiger partial charge < -0.3 is 5.32 Å². The van der Waals surface area contributed by atoms with Crippen molar-refractivity contribution in [2.24, 2.45) is 0 Å². The third kappa shape index (κ3) is 3.81. The van der Waals surface area contributed by atoms with Crippen LogP contribution in [0.3, 0.4) is 0 Å². The zero-order valence-electron chi connectivity index (χ0n) is 14.9. The summed E-state index contributed by atoms with van der Waals surface area (Å²) in [5.41, 5.74) is 3.55. The van der Waals surface area contributed by atoms with Gasteiger partial charge in [-0.2, -0.15) is 5.10 Å². The van der Waals surface area contributed by atoms with Crippen LogP contribution < -0.4 is 5.32 Å². The number of amides is 1. The highest BCUT2D eigenvalue weighted by Gasteiger charge is 2.18. The minimum atomic E-state index is -0.253. The molecule has 1 aromatic carbocycles. The summed E-state index contributed by atoms with van der Waals surface area (Å²) in [5.74, 6) is -0.253. The van der Waals surface area contributed by atoms with Crippen molar-refractivity contribution < 1.29 is 4.79 Å². The maximum absolute atomic E-state index is 12.6. The molecular weight excluding hydrogens is 394 g/mol. The van der Waals surface area contributed by atoms with Crippen molar-refractivity contribution in [3.8, 4) is 22.5 Å². The molecule has 3 aromatic heterocycles. The second kappa shape index (κ2) is 7.92. The first-order chi connectivity index (χ1) is 13.6. The second-order valence-electron chi connectivity index (χ2n) is 6.15. The summed E-state index contributed by atoms with van der Waals surface area (Å²) in [4.78, 5) is 21.3. The van der Waals surface area contributed by atoms with Crippen LogP contribution in [-0.4, -0.2) is 26.1 Å². The Morgan fingerprint density at radius 2 is 2.07 bits per heavy atom. The third-order valence-corrected chi connectivity index (χ3v) is 5.53. The van der Waals surface area contributed by atoms with Gasteiger partial charge in [-0.1, -0.05) is 29.8 Å². The average molecular weight is 410 g/mol. The first-order valence-electron chi connectivity index (χ1n) is 8.59. The molecule has 3 heterocycles.